The third-order valence-corrected chi connectivity index (χ3v) is 5.69. The van der Waals surface area contributed by atoms with Gasteiger partial charge in [-0.05, 0) is 51.8 Å². The molecule has 3 heterocycles. The number of nitrogens with one attached hydrogen (secondary N) is 1. The Kier molecular flexibility index (Phi) is 3.73. The van der Waals surface area contributed by atoms with Crippen LogP contribution in [0.25, 0.3) is 0 Å². The molecule has 0 aliphatic carbocycles. The van der Waals surface area contributed by atoms with Crippen molar-refractivity contribution in [1.82, 2.24) is 10.2 Å². The molecule has 1 aromatic rings. The third-order valence-electron chi connectivity index (χ3n) is 4.51. The normalized spacial score (nSPS) is 30.3. The van der Waals surface area contributed by atoms with E-state index in [1.165, 1.54) is 48.5 Å². The van der Waals surface area contributed by atoms with Gasteiger partial charge in [0.15, 0.2) is 0 Å². The summed E-state index contributed by atoms with van der Waals surface area (Å²) in [5, 5.41) is 3.88. The highest BCUT2D eigenvalue weighted by atomic mass is 32.1. The molecule has 2 aliphatic heterocycles. The smallest absolute Gasteiger partial charge is 0.0388 e. The first-order chi connectivity index (χ1) is 8.74. The Labute approximate surface area is 114 Å². The maximum Gasteiger partial charge on any atom is 0.0388 e. The average Bonchev–Trinajstić information content (AvgIpc) is 2.97. The first-order valence-electron chi connectivity index (χ1n) is 7.30. The molecule has 100 valence electrons. The van der Waals surface area contributed by atoms with Gasteiger partial charge in [0.2, 0.25) is 0 Å². The highest BCUT2D eigenvalue weighted by Crippen LogP contribution is 2.30. The molecule has 2 nitrogen and oxygen atoms in total. The Bertz CT molecular complexity index is 401. The minimum atomic E-state index is 0.510. The first kappa shape index (κ1) is 12.6. The molecule has 1 N–H and O–H groups in total. The van der Waals surface area contributed by atoms with E-state index < -0.39 is 0 Å². The van der Waals surface area contributed by atoms with E-state index in [0.29, 0.717) is 12.1 Å². The molecule has 3 atom stereocenters. The fraction of sp³-hybridized carbons (Fsp3) is 0.733. The van der Waals surface area contributed by atoms with Crippen LogP contribution in [0, 0.1) is 6.92 Å². The molecule has 3 rings (SSSR count). The molecule has 2 saturated heterocycles. The molecule has 0 spiro atoms. The van der Waals surface area contributed by atoms with Gasteiger partial charge in [-0.2, -0.15) is 0 Å². The van der Waals surface area contributed by atoms with Crippen molar-refractivity contribution >= 4 is 11.3 Å². The van der Waals surface area contributed by atoms with E-state index in [-0.39, 0.29) is 0 Å². The summed E-state index contributed by atoms with van der Waals surface area (Å²) in [6.07, 6.45) is 5.56. The number of piperidine rings is 1. The van der Waals surface area contributed by atoms with Crippen LogP contribution in [0.5, 0.6) is 0 Å². The maximum atomic E-state index is 3.88. The summed E-state index contributed by atoms with van der Waals surface area (Å²) in [5.41, 5.74) is 0. The molecule has 3 unspecified atom stereocenters. The van der Waals surface area contributed by atoms with Gasteiger partial charge in [0.05, 0.1) is 0 Å². The summed E-state index contributed by atoms with van der Waals surface area (Å²) in [6.45, 7) is 7.14. The molecule has 0 radical (unpaired) electrons. The molecule has 0 amide bonds. The van der Waals surface area contributed by atoms with Gasteiger partial charge in [-0.3, -0.25) is 4.90 Å². The molecule has 2 fully saturated rings. The highest BCUT2D eigenvalue weighted by molar-refractivity contribution is 7.12. The largest absolute Gasteiger partial charge is 0.305 e. The van der Waals surface area contributed by atoms with Crippen molar-refractivity contribution in [1.29, 1.82) is 0 Å². The minimum absolute atomic E-state index is 0.510. The summed E-state index contributed by atoms with van der Waals surface area (Å²) >= 11 is 1.93. The summed E-state index contributed by atoms with van der Waals surface area (Å²) in [5.74, 6) is 0. The van der Waals surface area contributed by atoms with Crippen molar-refractivity contribution in [3.63, 3.8) is 0 Å². The van der Waals surface area contributed by atoms with Crippen molar-refractivity contribution in [3.05, 3.63) is 21.9 Å². The fourth-order valence-electron chi connectivity index (χ4n) is 3.53. The third kappa shape index (κ3) is 2.49. The number of hydrogen-bond acceptors (Lipinski definition) is 3. The zero-order valence-corrected chi connectivity index (χ0v) is 12.3. The monoisotopic (exact) mass is 264 g/mol. The summed E-state index contributed by atoms with van der Waals surface area (Å²) in [7, 11) is 0. The molecule has 0 aromatic carbocycles. The van der Waals surface area contributed by atoms with E-state index in [0.717, 1.165) is 6.04 Å². The lowest BCUT2D eigenvalue weighted by atomic mass is 9.98. The number of thiophene rings is 1. The quantitative estimate of drug-likeness (QED) is 0.901. The lowest BCUT2D eigenvalue weighted by Gasteiger charge is -2.33. The van der Waals surface area contributed by atoms with Crippen LogP contribution in [-0.2, 0) is 0 Å². The number of rotatable bonds is 3. The van der Waals surface area contributed by atoms with Gasteiger partial charge in [-0.1, -0.05) is 6.42 Å². The van der Waals surface area contributed by atoms with E-state index in [4.69, 9.17) is 0 Å². The van der Waals surface area contributed by atoms with E-state index in [9.17, 15) is 0 Å². The number of nitrogens with zero attached hydrogens (tertiary/aromatic N) is 1. The Morgan fingerprint density at radius 2 is 2.17 bits per heavy atom. The molecule has 1 aromatic heterocycles. The van der Waals surface area contributed by atoms with Gasteiger partial charge >= 0.3 is 0 Å². The second-order valence-electron chi connectivity index (χ2n) is 5.83. The summed E-state index contributed by atoms with van der Waals surface area (Å²) < 4.78 is 0. The van der Waals surface area contributed by atoms with E-state index in [1.807, 2.05) is 11.3 Å². The van der Waals surface area contributed by atoms with E-state index in [1.54, 1.807) is 0 Å². The molecule has 0 bridgehead atoms. The van der Waals surface area contributed by atoms with E-state index >= 15 is 0 Å². The van der Waals surface area contributed by atoms with Gasteiger partial charge < -0.3 is 5.32 Å². The van der Waals surface area contributed by atoms with Gasteiger partial charge in [0.25, 0.3) is 0 Å². The number of hydrogen-bond donors (Lipinski definition) is 1. The van der Waals surface area contributed by atoms with Gasteiger partial charge in [-0.25, -0.2) is 0 Å². The van der Waals surface area contributed by atoms with Crippen molar-refractivity contribution in [2.45, 2.75) is 57.7 Å². The molecule has 3 heteroatoms. The van der Waals surface area contributed by atoms with Crippen LogP contribution in [0.3, 0.4) is 0 Å². The SMILES string of the molecule is Cc1ccc(C(C)NC2CCN3CCCCC23)s1. The van der Waals surface area contributed by atoms with Crippen LogP contribution in [0.4, 0.5) is 0 Å². The molecule has 18 heavy (non-hydrogen) atoms. The predicted molar refractivity (Wildman–Crippen MR) is 78.2 cm³/mol. The van der Waals surface area contributed by atoms with Crippen LogP contribution in [0.2, 0.25) is 0 Å². The summed E-state index contributed by atoms with van der Waals surface area (Å²) in [6, 6.07) is 6.55. The Hall–Kier alpha value is -0.380. The van der Waals surface area contributed by atoms with Gasteiger partial charge in [0, 0.05) is 34.4 Å². The van der Waals surface area contributed by atoms with Gasteiger partial charge in [-0.15, -0.1) is 11.3 Å². The van der Waals surface area contributed by atoms with E-state index in [2.05, 4.69) is 36.2 Å². The van der Waals surface area contributed by atoms with Gasteiger partial charge in [0.1, 0.15) is 0 Å². The minimum Gasteiger partial charge on any atom is -0.305 e. The van der Waals surface area contributed by atoms with Crippen LogP contribution >= 0.6 is 11.3 Å². The maximum absolute atomic E-state index is 3.88. The Balaban J connectivity index is 1.62. The first-order valence-corrected chi connectivity index (χ1v) is 8.12. The molecule has 0 saturated carbocycles. The number of aryl methyl sites for hydroxylation is 1. The van der Waals surface area contributed by atoms with Crippen molar-refractivity contribution in [2.24, 2.45) is 0 Å². The Morgan fingerprint density at radius 3 is 2.94 bits per heavy atom. The second-order valence-corrected chi connectivity index (χ2v) is 7.15. The molecular weight excluding hydrogens is 240 g/mol. The van der Waals surface area contributed by atoms with Crippen LogP contribution in [0.15, 0.2) is 12.1 Å². The van der Waals surface area contributed by atoms with Crippen molar-refractivity contribution in [2.75, 3.05) is 13.1 Å². The Morgan fingerprint density at radius 1 is 1.28 bits per heavy atom. The standard InChI is InChI=1S/C15H24N2S/c1-11-6-7-15(18-11)12(2)16-13-8-10-17-9-4-3-5-14(13)17/h6-7,12-14,16H,3-5,8-10H2,1-2H3. The van der Waals surface area contributed by atoms with Crippen molar-refractivity contribution < 1.29 is 0 Å². The fourth-order valence-corrected chi connectivity index (χ4v) is 4.42. The lowest BCUT2D eigenvalue weighted by Crippen LogP contribution is -2.45. The van der Waals surface area contributed by atoms with Crippen LogP contribution in [-0.4, -0.2) is 30.1 Å². The average molecular weight is 264 g/mol. The number of fused-ring (bicyclic) bond motifs is 1. The zero-order chi connectivity index (χ0) is 12.5. The second kappa shape index (κ2) is 5.32. The topological polar surface area (TPSA) is 15.3 Å². The molecular formula is C15H24N2S. The molecule has 2 aliphatic rings. The van der Waals surface area contributed by atoms with Crippen LogP contribution < -0.4 is 5.32 Å². The highest BCUT2D eigenvalue weighted by Gasteiger charge is 2.35. The van der Waals surface area contributed by atoms with Crippen LogP contribution in [0.1, 0.15) is 48.4 Å². The zero-order valence-electron chi connectivity index (χ0n) is 11.5. The lowest BCUT2D eigenvalue weighted by molar-refractivity contribution is 0.177. The predicted octanol–water partition coefficient (Wildman–Crippen LogP) is 3.33. The van der Waals surface area contributed by atoms with Crippen molar-refractivity contribution in [3.8, 4) is 0 Å². The summed E-state index contributed by atoms with van der Waals surface area (Å²) in [4.78, 5) is 5.61.